The Morgan fingerprint density at radius 2 is 2.09 bits per heavy atom. The standard InChI is InChI=1S/C12H18IN3O6/c1-2-21-12-15-10(20)5(13)4-16(12)11-9(19)8(18)7(17)6(3-14)22-11/h4,6-9,11,17-19H,2-3,14H2,1H3/t6-,7-,8+,9-,11-/m1/s1. The first-order valence-electron chi connectivity index (χ1n) is 6.71. The van der Waals surface area contributed by atoms with Crippen LogP contribution in [0, 0.1) is 3.57 Å². The van der Waals surface area contributed by atoms with Gasteiger partial charge in [-0.25, -0.2) is 0 Å². The minimum absolute atomic E-state index is 0.0451. The van der Waals surface area contributed by atoms with Crippen molar-refractivity contribution < 1.29 is 24.8 Å². The van der Waals surface area contributed by atoms with Crippen molar-refractivity contribution in [2.75, 3.05) is 13.2 Å². The van der Waals surface area contributed by atoms with Gasteiger partial charge in [-0.1, -0.05) is 0 Å². The summed E-state index contributed by atoms with van der Waals surface area (Å²) in [6.07, 6.45) is -4.73. The van der Waals surface area contributed by atoms with Crippen LogP contribution in [0.15, 0.2) is 11.0 Å². The van der Waals surface area contributed by atoms with E-state index in [4.69, 9.17) is 15.2 Å². The maximum absolute atomic E-state index is 11.6. The third-order valence-corrected chi connectivity index (χ3v) is 4.08. The molecule has 0 radical (unpaired) electrons. The van der Waals surface area contributed by atoms with E-state index in [9.17, 15) is 20.1 Å². The van der Waals surface area contributed by atoms with E-state index in [2.05, 4.69) is 4.98 Å². The van der Waals surface area contributed by atoms with E-state index in [1.54, 1.807) is 29.5 Å². The second-order valence-corrected chi connectivity index (χ2v) is 5.95. The monoisotopic (exact) mass is 427 g/mol. The van der Waals surface area contributed by atoms with Crippen molar-refractivity contribution in [3.63, 3.8) is 0 Å². The van der Waals surface area contributed by atoms with Crippen LogP contribution in [0.4, 0.5) is 0 Å². The van der Waals surface area contributed by atoms with Crippen molar-refractivity contribution in [2.45, 2.75) is 37.6 Å². The highest BCUT2D eigenvalue weighted by molar-refractivity contribution is 14.1. The summed E-state index contributed by atoms with van der Waals surface area (Å²) in [6, 6.07) is -0.0451. The summed E-state index contributed by atoms with van der Waals surface area (Å²) < 4.78 is 12.4. The average molecular weight is 427 g/mol. The summed E-state index contributed by atoms with van der Waals surface area (Å²) in [4.78, 5) is 15.4. The van der Waals surface area contributed by atoms with E-state index in [1.165, 1.54) is 10.8 Å². The van der Waals surface area contributed by atoms with Gasteiger partial charge in [-0.2, -0.15) is 4.98 Å². The van der Waals surface area contributed by atoms with Crippen molar-refractivity contribution >= 4 is 22.6 Å². The molecule has 10 heteroatoms. The Labute approximate surface area is 139 Å². The molecule has 1 saturated heterocycles. The molecule has 2 heterocycles. The van der Waals surface area contributed by atoms with Crippen LogP contribution in [0.5, 0.6) is 6.01 Å². The highest BCUT2D eigenvalue weighted by atomic mass is 127. The van der Waals surface area contributed by atoms with Crippen molar-refractivity contribution in [3.05, 3.63) is 20.1 Å². The fraction of sp³-hybridized carbons (Fsp3) is 0.667. The van der Waals surface area contributed by atoms with Crippen molar-refractivity contribution in [3.8, 4) is 6.01 Å². The summed E-state index contributed by atoms with van der Waals surface area (Å²) >= 11 is 1.80. The molecule has 5 N–H and O–H groups in total. The van der Waals surface area contributed by atoms with Crippen LogP contribution in [0.25, 0.3) is 0 Å². The topological polar surface area (TPSA) is 140 Å². The van der Waals surface area contributed by atoms with E-state index >= 15 is 0 Å². The summed E-state index contributed by atoms with van der Waals surface area (Å²) in [5.74, 6) is 0. The minimum Gasteiger partial charge on any atom is -0.465 e. The molecule has 0 bridgehead atoms. The normalized spacial score (nSPS) is 32.0. The van der Waals surface area contributed by atoms with Crippen LogP contribution in [0.2, 0.25) is 0 Å². The van der Waals surface area contributed by atoms with Crippen molar-refractivity contribution in [1.29, 1.82) is 0 Å². The zero-order valence-corrected chi connectivity index (χ0v) is 14.0. The Morgan fingerprint density at radius 1 is 1.41 bits per heavy atom. The second kappa shape index (κ2) is 7.19. The van der Waals surface area contributed by atoms with Gasteiger partial charge in [0.05, 0.1) is 10.2 Å². The van der Waals surface area contributed by atoms with Gasteiger partial charge in [-0.3, -0.25) is 9.36 Å². The molecule has 9 nitrogen and oxygen atoms in total. The molecule has 0 aromatic carbocycles. The van der Waals surface area contributed by atoms with Gasteiger partial charge in [-0.05, 0) is 29.5 Å². The predicted octanol–water partition coefficient (Wildman–Crippen LogP) is -1.81. The third-order valence-electron chi connectivity index (χ3n) is 3.34. The van der Waals surface area contributed by atoms with E-state index in [0.29, 0.717) is 3.57 Å². The first-order valence-corrected chi connectivity index (χ1v) is 7.79. The Balaban J connectivity index is 2.45. The zero-order chi connectivity index (χ0) is 16.4. The molecule has 1 fully saturated rings. The maximum Gasteiger partial charge on any atom is 0.301 e. The van der Waals surface area contributed by atoms with Crippen LogP contribution < -0.4 is 16.0 Å². The Morgan fingerprint density at radius 3 is 2.68 bits per heavy atom. The first-order chi connectivity index (χ1) is 10.4. The number of aliphatic hydroxyl groups is 3. The molecule has 1 aromatic rings. The lowest BCUT2D eigenvalue weighted by Gasteiger charge is -2.41. The number of rotatable bonds is 4. The van der Waals surface area contributed by atoms with Crippen LogP contribution >= 0.6 is 22.6 Å². The molecule has 1 aliphatic heterocycles. The molecule has 0 amide bonds. The summed E-state index contributed by atoms with van der Waals surface area (Å²) in [5.41, 5.74) is 5.04. The van der Waals surface area contributed by atoms with Gasteiger partial charge >= 0.3 is 6.01 Å². The Kier molecular flexibility index (Phi) is 5.74. The van der Waals surface area contributed by atoms with E-state index in [-0.39, 0.29) is 19.2 Å². The van der Waals surface area contributed by atoms with Gasteiger partial charge in [0.2, 0.25) is 0 Å². The molecule has 2 rings (SSSR count). The van der Waals surface area contributed by atoms with E-state index < -0.39 is 36.2 Å². The molecular formula is C12H18IN3O6. The molecule has 0 spiro atoms. The van der Waals surface area contributed by atoms with Crippen LogP contribution in [-0.4, -0.2) is 62.4 Å². The van der Waals surface area contributed by atoms with Crippen molar-refractivity contribution in [2.24, 2.45) is 5.73 Å². The SMILES string of the molecule is CCOc1nc(=O)c(I)cn1[C@@H]1O[C@H](CN)[C@@H](O)[C@H](O)[C@H]1O. The number of aliphatic hydroxyl groups excluding tert-OH is 3. The maximum atomic E-state index is 11.6. The summed E-state index contributed by atoms with van der Waals surface area (Å²) in [6.45, 7) is 1.92. The number of ether oxygens (including phenoxy) is 2. The van der Waals surface area contributed by atoms with E-state index in [0.717, 1.165) is 0 Å². The van der Waals surface area contributed by atoms with Gasteiger partial charge in [0.25, 0.3) is 5.56 Å². The Hall–Kier alpha value is -0.790. The highest BCUT2D eigenvalue weighted by Crippen LogP contribution is 2.30. The molecule has 1 aliphatic rings. The lowest BCUT2D eigenvalue weighted by molar-refractivity contribution is -0.243. The van der Waals surface area contributed by atoms with Crippen LogP contribution in [0.1, 0.15) is 13.2 Å². The molecule has 124 valence electrons. The minimum atomic E-state index is -1.45. The fourth-order valence-corrected chi connectivity index (χ4v) is 2.63. The lowest BCUT2D eigenvalue weighted by Crippen LogP contribution is -2.57. The van der Waals surface area contributed by atoms with Gasteiger partial charge in [0, 0.05) is 12.7 Å². The number of hydrogen-bond acceptors (Lipinski definition) is 8. The molecule has 0 saturated carbocycles. The molecule has 0 unspecified atom stereocenters. The smallest absolute Gasteiger partial charge is 0.301 e. The van der Waals surface area contributed by atoms with Crippen LogP contribution in [0.3, 0.4) is 0 Å². The lowest BCUT2D eigenvalue weighted by atomic mass is 9.98. The molecule has 5 atom stereocenters. The first kappa shape index (κ1) is 17.6. The molecular weight excluding hydrogens is 409 g/mol. The van der Waals surface area contributed by atoms with Crippen molar-refractivity contribution in [1.82, 2.24) is 9.55 Å². The van der Waals surface area contributed by atoms with Gasteiger partial charge < -0.3 is 30.5 Å². The fourth-order valence-electron chi connectivity index (χ4n) is 2.20. The average Bonchev–Trinajstić information content (AvgIpc) is 2.49. The number of nitrogens with two attached hydrogens (primary N) is 1. The summed E-state index contributed by atoms with van der Waals surface area (Å²) in [7, 11) is 0. The van der Waals surface area contributed by atoms with Crippen LogP contribution in [-0.2, 0) is 4.74 Å². The Bertz CT molecular complexity index is 580. The quantitative estimate of drug-likeness (QED) is 0.412. The van der Waals surface area contributed by atoms with Gasteiger partial charge in [0.15, 0.2) is 6.23 Å². The molecule has 22 heavy (non-hydrogen) atoms. The molecule has 0 aliphatic carbocycles. The number of hydrogen-bond donors (Lipinski definition) is 4. The number of nitrogens with zero attached hydrogens (tertiary/aromatic N) is 2. The highest BCUT2D eigenvalue weighted by Gasteiger charge is 2.44. The number of aromatic nitrogens is 2. The third kappa shape index (κ3) is 3.26. The predicted molar refractivity (Wildman–Crippen MR) is 83.4 cm³/mol. The zero-order valence-electron chi connectivity index (χ0n) is 11.8. The largest absolute Gasteiger partial charge is 0.465 e. The van der Waals surface area contributed by atoms with E-state index in [1.807, 2.05) is 0 Å². The summed E-state index contributed by atoms with van der Waals surface area (Å²) in [5, 5.41) is 29.9. The second-order valence-electron chi connectivity index (χ2n) is 4.79. The van der Waals surface area contributed by atoms with Gasteiger partial charge in [0.1, 0.15) is 24.4 Å². The van der Waals surface area contributed by atoms with Gasteiger partial charge in [-0.15, -0.1) is 0 Å². The molecule has 1 aromatic heterocycles. The number of halogens is 1.